The summed E-state index contributed by atoms with van der Waals surface area (Å²) in [5.41, 5.74) is 3.19. The first-order valence-electron chi connectivity index (χ1n) is 12.8. The van der Waals surface area contributed by atoms with E-state index in [9.17, 15) is 9.59 Å². The molecule has 35 heavy (non-hydrogen) atoms. The lowest BCUT2D eigenvalue weighted by atomic mass is 9.79. The van der Waals surface area contributed by atoms with Gasteiger partial charge < -0.3 is 15.1 Å². The molecule has 0 radical (unpaired) electrons. The molecule has 2 atom stereocenters. The molecule has 0 bridgehead atoms. The van der Waals surface area contributed by atoms with Gasteiger partial charge in [0.25, 0.3) is 0 Å². The summed E-state index contributed by atoms with van der Waals surface area (Å²) in [6.07, 6.45) is 2.54. The van der Waals surface area contributed by atoms with Gasteiger partial charge in [0.15, 0.2) is 0 Å². The number of nitrogens with one attached hydrogen (secondary N) is 1. The van der Waals surface area contributed by atoms with E-state index < -0.39 is 0 Å². The number of rotatable bonds is 9. The molecule has 3 rings (SSSR count). The Morgan fingerprint density at radius 1 is 1.09 bits per heavy atom. The van der Waals surface area contributed by atoms with Gasteiger partial charge in [-0.05, 0) is 62.8 Å². The van der Waals surface area contributed by atoms with Gasteiger partial charge in [0.05, 0.1) is 12.5 Å². The quantitative estimate of drug-likeness (QED) is 0.448. The van der Waals surface area contributed by atoms with Gasteiger partial charge in [-0.25, -0.2) is 4.85 Å². The van der Waals surface area contributed by atoms with E-state index in [1.165, 1.54) is 0 Å². The van der Waals surface area contributed by atoms with E-state index >= 15 is 0 Å². The molecule has 2 aromatic rings. The van der Waals surface area contributed by atoms with Crippen molar-refractivity contribution in [1.29, 1.82) is 0 Å². The molecular formula is C29H38N4O2. The van der Waals surface area contributed by atoms with E-state index in [1.54, 1.807) is 6.07 Å². The minimum atomic E-state index is -0.142. The first kappa shape index (κ1) is 26.3. The van der Waals surface area contributed by atoms with E-state index in [1.807, 2.05) is 62.9 Å². The lowest BCUT2D eigenvalue weighted by molar-refractivity contribution is -0.134. The summed E-state index contributed by atoms with van der Waals surface area (Å²) < 4.78 is 0. The number of hydrogen-bond acceptors (Lipinski definition) is 3. The molecule has 2 amide bonds. The third kappa shape index (κ3) is 6.22. The van der Waals surface area contributed by atoms with Crippen LogP contribution in [0, 0.1) is 18.4 Å². The highest BCUT2D eigenvalue weighted by molar-refractivity contribution is 5.93. The fourth-order valence-electron chi connectivity index (χ4n) is 4.89. The summed E-state index contributed by atoms with van der Waals surface area (Å²) in [5.74, 6) is 0.232. The molecule has 1 saturated heterocycles. The summed E-state index contributed by atoms with van der Waals surface area (Å²) in [5, 5.41) is 2.93. The van der Waals surface area contributed by atoms with Crippen molar-refractivity contribution in [1.82, 2.24) is 4.90 Å². The van der Waals surface area contributed by atoms with E-state index in [0.717, 1.165) is 43.6 Å². The number of hydrogen-bond donors (Lipinski definition) is 1. The van der Waals surface area contributed by atoms with Crippen LogP contribution >= 0.6 is 0 Å². The summed E-state index contributed by atoms with van der Waals surface area (Å²) >= 11 is 0. The second-order valence-corrected chi connectivity index (χ2v) is 9.34. The molecule has 6 nitrogen and oxygen atoms in total. The van der Waals surface area contributed by atoms with Crippen molar-refractivity contribution in [2.45, 2.75) is 52.9 Å². The molecule has 186 valence electrons. The van der Waals surface area contributed by atoms with Crippen molar-refractivity contribution < 1.29 is 9.59 Å². The van der Waals surface area contributed by atoms with Crippen LogP contribution in [0.1, 0.15) is 58.4 Å². The van der Waals surface area contributed by atoms with Crippen LogP contribution in [0.3, 0.4) is 0 Å². The van der Waals surface area contributed by atoms with E-state index in [4.69, 9.17) is 6.57 Å². The van der Waals surface area contributed by atoms with Crippen molar-refractivity contribution in [3.05, 3.63) is 65.5 Å². The minimum Gasteiger partial charge on any atom is -0.380 e. The van der Waals surface area contributed by atoms with E-state index in [-0.39, 0.29) is 29.6 Å². The molecule has 0 aromatic heterocycles. The van der Waals surface area contributed by atoms with Crippen LogP contribution < -0.4 is 10.2 Å². The van der Waals surface area contributed by atoms with Gasteiger partial charge in [-0.1, -0.05) is 44.2 Å². The van der Waals surface area contributed by atoms with Gasteiger partial charge in [0.2, 0.25) is 17.5 Å². The van der Waals surface area contributed by atoms with Gasteiger partial charge in [0, 0.05) is 43.5 Å². The Balaban J connectivity index is 1.75. The Hall–Kier alpha value is -3.33. The average molecular weight is 475 g/mol. The average Bonchev–Trinajstić information content (AvgIpc) is 2.90. The molecule has 2 aromatic carbocycles. The molecule has 0 aliphatic carbocycles. The lowest BCUT2D eigenvalue weighted by Gasteiger charge is -2.39. The molecule has 1 unspecified atom stereocenters. The maximum absolute atomic E-state index is 13.5. The summed E-state index contributed by atoms with van der Waals surface area (Å²) in [6.45, 7) is 18.7. The smallest absolute Gasteiger partial charge is 0.230 e. The van der Waals surface area contributed by atoms with Crippen LogP contribution in [-0.4, -0.2) is 42.9 Å². The molecule has 1 heterocycles. The normalized spacial score (nSPS) is 15.7. The minimum absolute atomic E-state index is 0.0261. The van der Waals surface area contributed by atoms with Crippen LogP contribution in [0.15, 0.2) is 48.5 Å². The first-order valence-corrected chi connectivity index (χ1v) is 12.8. The number of amides is 2. The maximum atomic E-state index is 13.5. The van der Waals surface area contributed by atoms with Crippen LogP contribution in [0.4, 0.5) is 17.1 Å². The lowest BCUT2D eigenvalue weighted by Crippen LogP contribution is -2.42. The van der Waals surface area contributed by atoms with Crippen LogP contribution in [0.25, 0.3) is 4.85 Å². The number of nitrogens with zero attached hydrogens (tertiary/aromatic N) is 3. The second kappa shape index (κ2) is 12.4. The zero-order valence-electron chi connectivity index (χ0n) is 21.5. The first-order chi connectivity index (χ1) is 16.9. The van der Waals surface area contributed by atoms with Crippen molar-refractivity contribution in [2.75, 3.05) is 36.4 Å². The molecule has 1 N–H and O–H groups in total. The van der Waals surface area contributed by atoms with Crippen molar-refractivity contribution in [3.8, 4) is 0 Å². The summed E-state index contributed by atoms with van der Waals surface area (Å²) in [7, 11) is 0. The van der Waals surface area contributed by atoms with Gasteiger partial charge in [-0.2, -0.15) is 0 Å². The third-order valence-electron chi connectivity index (χ3n) is 7.27. The summed E-state index contributed by atoms with van der Waals surface area (Å²) in [4.78, 5) is 33.7. The van der Waals surface area contributed by atoms with Crippen LogP contribution in [0.5, 0.6) is 0 Å². The topological polar surface area (TPSA) is 57.0 Å². The zero-order chi connectivity index (χ0) is 25.4. The Kier molecular flexibility index (Phi) is 9.31. The number of piperidine rings is 1. The van der Waals surface area contributed by atoms with Crippen molar-refractivity contribution in [3.63, 3.8) is 0 Å². The largest absolute Gasteiger partial charge is 0.380 e. The zero-order valence-corrected chi connectivity index (χ0v) is 21.5. The van der Waals surface area contributed by atoms with Crippen molar-refractivity contribution >= 4 is 28.9 Å². The highest BCUT2D eigenvalue weighted by Crippen LogP contribution is 2.39. The molecule has 1 fully saturated rings. The molecule has 0 saturated carbocycles. The number of benzene rings is 2. The molecular weight excluding hydrogens is 436 g/mol. The standard InChI is InChI=1S/C29H38N4O2/c1-6-21(4)28(34)31-24-14-15-26(25(20-24)30-5)33-18-16-23(17-19-33)27(22-12-10-9-11-13-22)29(35)32(7-2)8-3/h9-15,20-21,23,27H,6-8,16-19H2,1-4H3,(H,31,34)/t21-,27?/m0/s1. The maximum Gasteiger partial charge on any atom is 0.230 e. The predicted octanol–water partition coefficient (Wildman–Crippen LogP) is 6.09. The fourth-order valence-corrected chi connectivity index (χ4v) is 4.89. The Morgan fingerprint density at radius 2 is 1.74 bits per heavy atom. The van der Waals surface area contributed by atoms with Gasteiger partial charge >= 0.3 is 0 Å². The highest BCUT2D eigenvalue weighted by atomic mass is 16.2. The molecule has 1 aliphatic rings. The molecule has 1 aliphatic heterocycles. The Labute approximate surface area is 210 Å². The van der Waals surface area contributed by atoms with Gasteiger partial charge in [-0.3, -0.25) is 9.59 Å². The number of likely N-dealkylation sites (N-methyl/N-ethyl adjacent to an activating group) is 1. The Bertz CT molecular complexity index is 1030. The Morgan fingerprint density at radius 3 is 2.31 bits per heavy atom. The number of carbonyl (C=O) groups excluding carboxylic acids is 2. The highest BCUT2D eigenvalue weighted by Gasteiger charge is 2.34. The van der Waals surface area contributed by atoms with E-state index in [0.29, 0.717) is 24.5 Å². The van der Waals surface area contributed by atoms with Crippen LogP contribution in [0.2, 0.25) is 0 Å². The number of carbonyl (C=O) groups is 2. The van der Waals surface area contributed by atoms with Crippen molar-refractivity contribution in [2.24, 2.45) is 11.8 Å². The predicted molar refractivity (Wildman–Crippen MR) is 143 cm³/mol. The molecule has 6 heteroatoms. The van der Waals surface area contributed by atoms with Gasteiger partial charge in [-0.15, -0.1) is 0 Å². The SMILES string of the molecule is [C-]#[N+]c1cc(NC(=O)[C@@H](C)CC)ccc1N1CCC(C(C(=O)N(CC)CC)c2ccccc2)CC1. The third-order valence-corrected chi connectivity index (χ3v) is 7.27. The molecule has 0 spiro atoms. The fraction of sp³-hybridized carbons (Fsp3) is 0.483. The summed E-state index contributed by atoms with van der Waals surface area (Å²) in [6, 6.07) is 15.7. The number of anilines is 2. The monoisotopic (exact) mass is 474 g/mol. The van der Waals surface area contributed by atoms with Gasteiger partial charge in [0.1, 0.15) is 0 Å². The van der Waals surface area contributed by atoms with Crippen LogP contribution in [-0.2, 0) is 9.59 Å². The second-order valence-electron chi connectivity index (χ2n) is 9.34. The van der Waals surface area contributed by atoms with E-state index in [2.05, 4.69) is 27.2 Å².